The largest absolute Gasteiger partial charge is 0.416 e. The Kier molecular flexibility index (Phi) is 7.76. The number of morpholine rings is 1. The zero-order chi connectivity index (χ0) is 25.0. The average Bonchev–Trinajstić information content (AvgIpc) is 2.85. The van der Waals surface area contributed by atoms with Gasteiger partial charge in [0, 0.05) is 37.4 Å². The van der Waals surface area contributed by atoms with Crippen molar-refractivity contribution in [2.75, 3.05) is 51.3 Å². The first-order chi connectivity index (χ1) is 16.7. The highest BCUT2D eigenvalue weighted by atomic mass is 19.4. The van der Waals surface area contributed by atoms with Crippen molar-refractivity contribution in [2.24, 2.45) is 0 Å². The molecule has 1 N–H and O–H groups in total. The summed E-state index contributed by atoms with van der Waals surface area (Å²) in [5.74, 6) is -0.120. The number of aryl methyl sites for hydroxylation is 1. The van der Waals surface area contributed by atoms with Gasteiger partial charge in [-0.05, 0) is 61.1 Å². The zero-order valence-corrected chi connectivity index (χ0v) is 19.7. The van der Waals surface area contributed by atoms with Crippen LogP contribution in [0.3, 0.4) is 0 Å². The van der Waals surface area contributed by atoms with Crippen LogP contribution in [0.5, 0.6) is 0 Å². The second-order valence-electron chi connectivity index (χ2n) is 9.15. The quantitative estimate of drug-likeness (QED) is 0.680. The van der Waals surface area contributed by atoms with E-state index in [0.29, 0.717) is 63.5 Å². The number of nitrogens with one attached hydrogen (secondary N) is 1. The average molecular weight is 490 g/mol. The second-order valence-corrected chi connectivity index (χ2v) is 9.15. The molecule has 2 aromatic rings. The molecule has 2 aromatic carbocycles. The molecule has 2 aliphatic heterocycles. The van der Waals surface area contributed by atoms with Gasteiger partial charge < -0.3 is 15.0 Å². The SMILES string of the molecule is Cc1ccc(C(=O)N2CCC(c3ccc(C(F)(F)F)cc3)CC2)cc1NC(=O)CN1CCOCC1. The molecular formula is C26H30F3N3O3. The molecule has 0 aliphatic carbocycles. The van der Waals surface area contributed by atoms with Crippen LogP contribution in [-0.4, -0.2) is 67.6 Å². The minimum atomic E-state index is -4.34. The number of hydrogen-bond donors (Lipinski definition) is 1. The summed E-state index contributed by atoms with van der Waals surface area (Å²) in [5.41, 5.74) is 2.21. The third-order valence-corrected chi connectivity index (χ3v) is 6.72. The highest BCUT2D eigenvalue weighted by Gasteiger charge is 2.31. The molecule has 4 rings (SSSR count). The lowest BCUT2D eigenvalue weighted by Gasteiger charge is -2.32. The van der Waals surface area contributed by atoms with Crippen LogP contribution in [-0.2, 0) is 15.7 Å². The molecule has 2 saturated heterocycles. The molecule has 6 nitrogen and oxygen atoms in total. The number of likely N-dealkylation sites (tertiary alicyclic amines) is 1. The maximum Gasteiger partial charge on any atom is 0.416 e. The Bertz CT molecular complexity index is 1040. The molecule has 0 saturated carbocycles. The van der Waals surface area contributed by atoms with E-state index < -0.39 is 11.7 Å². The van der Waals surface area contributed by atoms with Gasteiger partial charge >= 0.3 is 6.18 Å². The molecule has 0 unspecified atom stereocenters. The first-order valence-electron chi connectivity index (χ1n) is 11.9. The predicted molar refractivity (Wildman–Crippen MR) is 126 cm³/mol. The van der Waals surface area contributed by atoms with Crippen molar-refractivity contribution in [2.45, 2.75) is 31.9 Å². The maximum absolute atomic E-state index is 13.1. The summed E-state index contributed by atoms with van der Waals surface area (Å²) < 4.78 is 43.8. The first kappa shape index (κ1) is 25.2. The molecule has 2 amide bonds. The van der Waals surface area contributed by atoms with Crippen LogP contribution in [0.1, 0.15) is 45.8 Å². The number of benzene rings is 2. The Hall–Kier alpha value is -2.91. The molecule has 0 radical (unpaired) electrons. The smallest absolute Gasteiger partial charge is 0.379 e. The highest BCUT2D eigenvalue weighted by molar-refractivity contribution is 5.98. The van der Waals surface area contributed by atoms with Gasteiger partial charge in [-0.2, -0.15) is 13.2 Å². The van der Waals surface area contributed by atoms with Gasteiger partial charge in [-0.1, -0.05) is 18.2 Å². The summed E-state index contributed by atoms with van der Waals surface area (Å²) in [6.45, 7) is 5.87. The number of alkyl halides is 3. The number of halogens is 3. The fraction of sp³-hybridized carbons (Fsp3) is 0.462. The second kappa shape index (κ2) is 10.8. The van der Waals surface area contributed by atoms with Crippen molar-refractivity contribution in [1.29, 1.82) is 0 Å². The van der Waals surface area contributed by atoms with Crippen LogP contribution >= 0.6 is 0 Å². The number of nitrogens with zero attached hydrogens (tertiary/aromatic N) is 2. The third-order valence-electron chi connectivity index (χ3n) is 6.72. The molecule has 35 heavy (non-hydrogen) atoms. The Morgan fingerprint density at radius 2 is 1.66 bits per heavy atom. The molecule has 0 atom stereocenters. The van der Waals surface area contributed by atoms with Gasteiger partial charge in [0.05, 0.1) is 25.3 Å². The minimum Gasteiger partial charge on any atom is -0.379 e. The van der Waals surface area contributed by atoms with Crippen LogP contribution < -0.4 is 5.32 Å². The number of anilines is 1. The van der Waals surface area contributed by atoms with E-state index in [2.05, 4.69) is 5.32 Å². The molecule has 2 heterocycles. The number of carbonyl (C=O) groups is 2. The molecule has 2 fully saturated rings. The van der Waals surface area contributed by atoms with E-state index in [1.165, 1.54) is 12.1 Å². The number of rotatable bonds is 5. The van der Waals surface area contributed by atoms with E-state index in [-0.39, 0.29) is 24.3 Å². The summed E-state index contributed by atoms with van der Waals surface area (Å²) in [7, 11) is 0. The highest BCUT2D eigenvalue weighted by Crippen LogP contribution is 2.33. The van der Waals surface area contributed by atoms with E-state index in [1.54, 1.807) is 17.0 Å². The van der Waals surface area contributed by atoms with Gasteiger partial charge in [-0.3, -0.25) is 14.5 Å². The molecular weight excluding hydrogens is 459 g/mol. The molecule has 0 bridgehead atoms. The lowest BCUT2D eigenvalue weighted by atomic mass is 9.88. The summed E-state index contributed by atoms with van der Waals surface area (Å²) >= 11 is 0. The fourth-order valence-electron chi connectivity index (χ4n) is 4.58. The van der Waals surface area contributed by atoms with Crippen molar-refractivity contribution in [1.82, 2.24) is 9.80 Å². The summed E-state index contributed by atoms with van der Waals surface area (Å²) in [5, 5.41) is 2.93. The van der Waals surface area contributed by atoms with E-state index in [1.807, 2.05) is 17.9 Å². The van der Waals surface area contributed by atoms with Crippen molar-refractivity contribution in [3.63, 3.8) is 0 Å². The third kappa shape index (κ3) is 6.41. The number of piperidine rings is 1. The van der Waals surface area contributed by atoms with Gasteiger partial charge in [0.2, 0.25) is 5.91 Å². The lowest BCUT2D eigenvalue weighted by Crippen LogP contribution is -2.41. The monoisotopic (exact) mass is 489 g/mol. The fourth-order valence-corrected chi connectivity index (χ4v) is 4.58. The molecule has 9 heteroatoms. The normalized spacial score (nSPS) is 17.9. The first-order valence-corrected chi connectivity index (χ1v) is 11.9. The number of amides is 2. The molecule has 2 aliphatic rings. The lowest BCUT2D eigenvalue weighted by molar-refractivity contribution is -0.137. The number of hydrogen-bond acceptors (Lipinski definition) is 4. The minimum absolute atomic E-state index is 0.112. The van der Waals surface area contributed by atoms with Crippen LogP contribution in [0.25, 0.3) is 0 Å². The van der Waals surface area contributed by atoms with E-state index in [9.17, 15) is 22.8 Å². The van der Waals surface area contributed by atoms with Gasteiger partial charge in [0.1, 0.15) is 0 Å². The molecule has 0 aromatic heterocycles. The Balaban J connectivity index is 1.34. The van der Waals surface area contributed by atoms with E-state index >= 15 is 0 Å². The Morgan fingerprint density at radius 3 is 2.29 bits per heavy atom. The van der Waals surface area contributed by atoms with Crippen LogP contribution in [0.15, 0.2) is 42.5 Å². The molecule has 188 valence electrons. The maximum atomic E-state index is 13.1. The van der Waals surface area contributed by atoms with Crippen LogP contribution in [0.2, 0.25) is 0 Å². The van der Waals surface area contributed by atoms with E-state index in [0.717, 1.165) is 23.3 Å². The van der Waals surface area contributed by atoms with Crippen molar-refractivity contribution in [3.05, 3.63) is 64.7 Å². The number of carbonyl (C=O) groups excluding carboxylic acids is 2. The Morgan fingerprint density at radius 1 is 1.00 bits per heavy atom. The van der Waals surface area contributed by atoms with Gasteiger partial charge in [-0.25, -0.2) is 0 Å². The Labute approximate surface area is 203 Å². The van der Waals surface area contributed by atoms with Crippen molar-refractivity contribution < 1.29 is 27.5 Å². The van der Waals surface area contributed by atoms with Gasteiger partial charge in [0.25, 0.3) is 5.91 Å². The van der Waals surface area contributed by atoms with Crippen LogP contribution in [0.4, 0.5) is 18.9 Å². The molecule has 0 spiro atoms. The van der Waals surface area contributed by atoms with Gasteiger partial charge in [0.15, 0.2) is 0 Å². The summed E-state index contributed by atoms with van der Waals surface area (Å²) in [4.78, 5) is 29.4. The standard InChI is InChI=1S/C26H30F3N3O3/c1-18-2-3-21(16-23(18)30-24(33)17-31-12-14-35-15-13-31)25(34)32-10-8-20(9-11-32)19-4-6-22(7-5-19)26(27,28)29/h2-7,16,20H,8-15,17H2,1H3,(H,30,33). The predicted octanol–water partition coefficient (Wildman–Crippen LogP) is 4.30. The summed E-state index contributed by atoms with van der Waals surface area (Å²) in [6, 6.07) is 10.6. The zero-order valence-electron chi connectivity index (χ0n) is 19.7. The van der Waals surface area contributed by atoms with Crippen LogP contribution in [0, 0.1) is 6.92 Å². The summed E-state index contributed by atoms with van der Waals surface area (Å²) in [6.07, 6.45) is -2.97. The van der Waals surface area contributed by atoms with Gasteiger partial charge in [-0.15, -0.1) is 0 Å². The number of ether oxygens (including phenoxy) is 1. The van der Waals surface area contributed by atoms with E-state index in [4.69, 9.17) is 4.74 Å². The topological polar surface area (TPSA) is 61.9 Å². The van der Waals surface area contributed by atoms with Crippen molar-refractivity contribution in [3.8, 4) is 0 Å². The van der Waals surface area contributed by atoms with Crippen molar-refractivity contribution >= 4 is 17.5 Å².